The van der Waals surface area contributed by atoms with E-state index in [0.717, 1.165) is 36.3 Å². The number of rotatable bonds is 10. The Bertz CT molecular complexity index is 1120. The summed E-state index contributed by atoms with van der Waals surface area (Å²) in [4.78, 5) is 36.8. The number of anilines is 1. The summed E-state index contributed by atoms with van der Waals surface area (Å²) in [5, 5.41) is 8.99. The van der Waals surface area contributed by atoms with Crippen molar-refractivity contribution >= 4 is 11.6 Å². The Kier molecular flexibility index (Phi) is 7.04. The van der Waals surface area contributed by atoms with Crippen LogP contribution in [0.25, 0.3) is 11.5 Å². The third-order valence-corrected chi connectivity index (χ3v) is 5.28. The van der Waals surface area contributed by atoms with Crippen LogP contribution in [0.5, 0.6) is 11.6 Å². The molecule has 172 valence electrons. The number of aryl methyl sites for hydroxylation is 1. The summed E-state index contributed by atoms with van der Waals surface area (Å²) in [6.07, 6.45) is 7.59. The Hall–Kier alpha value is -3.66. The maximum atomic E-state index is 12.7. The number of hydrogen-bond donors (Lipinski definition) is 1. The highest BCUT2D eigenvalue weighted by atomic mass is 16.5. The number of ketones is 1. The topological polar surface area (TPSA) is 123 Å². The third-order valence-electron chi connectivity index (χ3n) is 5.28. The lowest BCUT2D eigenvalue weighted by Crippen LogP contribution is -2.29. The van der Waals surface area contributed by atoms with Gasteiger partial charge in [0.05, 0.1) is 44.8 Å². The van der Waals surface area contributed by atoms with E-state index < -0.39 is 0 Å². The van der Waals surface area contributed by atoms with Gasteiger partial charge in [0.1, 0.15) is 23.9 Å². The van der Waals surface area contributed by atoms with Crippen molar-refractivity contribution in [3.63, 3.8) is 0 Å². The Morgan fingerprint density at radius 3 is 2.82 bits per heavy atom. The molecule has 0 atom stereocenters. The summed E-state index contributed by atoms with van der Waals surface area (Å²) in [7, 11) is 3.38. The normalized spacial score (nSPS) is 12.3. The highest BCUT2D eigenvalue weighted by Gasteiger charge is 2.23. The number of fused-ring (bicyclic) bond motifs is 1. The molecular weight excluding hydrogens is 424 g/mol. The molecule has 0 unspecified atom stereocenters. The number of likely N-dealkylation sites (N-methyl/N-ethyl adjacent to an activating group) is 1. The lowest BCUT2D eigenvalue weighted by Gasteiger charge is -2.21. The van der Waals surface area contributed by atoms with Gasteiger partial charge in [-0.05, 0) is 25.3 Å². The first kappa shape index (κ1) is 22.5. The smallest absolute Gasteiger partial charge is 0.231 e. The molecule has 0 radical (unpaired) electrons. The number of hydrogen-bond acceptors (Lipinski definition) is 10. The van der Waals surface area contributed by atoms with E-state index in [0.29, 0.717) is 28.8 Å². The lowest BCUT2D eigenvalue weighted by atomic mass is 10.2. The fourth-order valence-corrected chi connectivity index (χ4v) is 3.77. The van der Waals surface area contributed by atoms with Gasteiger partial charge >= 0.3 is 0 Å². The minimum Gasteiger partial charge on any atom is -0.491 e. The van der Waals surface area contributed by atoms with Crippen molar-refractivity contribution in [1.29, 1.82) is 0 Å². The largest absolute Gasteiger partial charge is 0.491 e. The Morgan fingerprint density at radius 1 is 1.18 bits per heavy atom. The number of carbonyl (C=O) groups excluding carboxylic acids is 1. The molecule has 0 fully saturated rings. The summed E-state index contributed by atoms with van der Waals surface area (Å²) in [5.74, 6) is 2.22. The van der Waals surface area contributed by atoms with Crippen molar-refractivity contribution in [2.75, 3.05) is 38.8 Å². The molecule has 1 aliphatic carbocycles. The predicted molar refractivity (Wildman–Crippen MR) is 120 cm³/mol. The zero-order valence-electron chi connectivity index (χ0n) is 18.7. The standard InChI is InChI=1S/C23H26N6O4/c1-29(14-16(31)10-15-12-26-21(32-2)13-25-15)23-18-4-3-5-19(18)27-22(28-23)20-11-17(6-7-24-20)33-9-8-30/h6-7,11-13,30H,3-5,8-10,14H2,1-2H3. The van der Waals surface area contributed by atoms with Crippen LogP contribution in [0.4, 0.5) is 5.82 Å². The number of carbonyl (C=O) groups is 1. The highest BCUT2D eigenvalue weighted by molar-refractivity contribution is 5.85. The molecule has 0 saturated carbocycles. The molecule has 0 amide bonds. The molecule has 0 aromatic carbocycles. The van der Waals surface area contributed by atoms with Crippen LogP contribution in [0.3, 0.4) is 0 Å². The van der Waals surface area contributed by atoms with Gasteiger partial charge in [-0.1, -0.05) is 0 Å². The zero-order valence-corrected chi connectivity index (χ0v) is 18.7. The molecule has 3 aromatic rings. The van der Waals surface area contributed by atoms with Gasteiger partial charge in [0.2, 0.25) is 5.88 Å². The minimum atomic E-state index is -0.0713. The van der Waals surface area contributed by atoms with E-state index in [-0.39, 0.29) is 32.0 Å². The fraction of sp³-hybridized carbons (Fsp3) is 0.391. The van der Waals surface area contributed by atoms with E-state index in [1.165, 1.54) is 13.3 Å². The SMILES string of the molecule is COc1cnc(CC(=O)CN(C)c2nc(-c3cc(OCCO)ccn3)nc3c2CCC3)cn1. The van der Waals surface area contributed by atoms with E-state index >= 15 is 0 Å². The first-order chi connectivity index (χ1) is 16.1. The van der Waals surface area contributed by atoms with E-state index in [1.807, 2.05) is 11.9 Å². The van der Waals surface area contributed by atoms with Gasteiger partial charge in [-0.15, -0.1) is 0 Å². The second-order valence-electron chi connectivity index (χ2n) is 7.72. The maximum absolute atomic E-state index is 12.7. The molecule has 10 nitrogen and oxygen atoms in total. The van der Waals surface area contributed by atoms with Crippen LogP contribution in [0, 0.1) is 0 Å². The van der Waals surface area contributed by atoms with Crippen LogP contribution in [0.1, 0.15) is 23.4 Å². The molecular formula is C23H26N6O4. The van der Waals surface area contributed by atoms with Crippen molar-refractivity contribution in [3.05, 3.63) is 47.7 Å². The lowest BCUT2D eigenvalue weighted by molar-refractivity contribution is -0.117. The first-order valence-electron chi connectivity index (χ1n) is 10.7. The van der Waals surface area contributed by atoms with Crippen LogP contribution < -0.4 is 14.4 Å². The van der Waals surface area contributed by atoms with Crippen LogP contribution >= 0.6 is 0 Å². The average molecular weight is 450 g/mol. The van der Waals surface area contributed by atoms with Gasteiger partial charge < -0.3 is 19.5 Å². The summed E-state index contributed by atoms with van der Waals surface area (Å²) in [5.41, 5.74) is 3.23. The van der Waals surface area contributed by atoms with Crippen LogP contribution in [-0.4, -0.2) is 69.7 Å². The second-order valence-corrected chi connectivity index (χ2v) is 7.72. The quantitative estimate of drug-likeness (QED) is 0.485. The number of aliphatic hydroxyl groups is 1. The van der Waals surface area contributed by atoms with Crippen molar-refractivity contribution < 1.29 is 19.4 Å². The number of ether oxygens (including phenoxy) is 2. The predicted octanol–water partition coefficient (Wildman–Crippen LogP) is 1.44. The Morgan fingerprint density at radius 2 is 2.06 bits per heavy atom. The number of Topliss-reactive ketones (excluding diaryl/α,β-unsaturated/α-hetero) is 1. The van der Waals surface area contributed by atoms with Crippen molar-refractivity contribution in [1.82, 2.24) is 24.9 Å². The molecule has 1 aliphatic rings. The Balaban J connectivity index is 1.54. The summed E-state index contributed by atoms with van der Waals surface area (Å²) >= 11 is 0. The number of methoxy groups -OCH3 is 1. The van der Waals surface area contributed by atoms with Gasteiger partial charge in [0.15, 0.2) is 11.6 Å². The van der Waals surface area contributed by atoms with Crippen molar-refractivity contribution in [2.45, 2.75) is 25.7 Å². The van der Waals surface area contributed by atoms with Gasteiger partial charge in [0, 0.05) is 30.6 Å². The number of nitrogens with zero attached hydrogens (tertiary/aromatic N) is 6. The highest BCUT2D eigenvalue weighted by Crippen LogP contribution is 2.31. The molecule has 10 heteroatoms. The van der Waals surface area contributed by atoms with Crippen molar-refractivity contribution in [3.8, 4) is 23.1 Å². The molecule has 4 rings (SSSR count). The monoisotopic (exact) mass is 450 g/mol. The van der Waals surface area contributed by atoms with Crippen molar-refractivity contribution in [2.24, 2.45) is 0 Å². The molecule has 1 N–H and O–H groups in total. The fourth-order valence-electron chi connectivity index (χ4n) is 3.77. The summed E-state index contributed by atoms with van der Waals surface area (Å²) < 4.78 is 10.5. The molecule has 33 heavy (non-hydrogen) atoms. The molecule has 3 aromatic heterocycles. The second kappa shape index (κ2) is 10.3. The van der Waals surface area contributed by atoms with Crippen LogP contribution in [0.15, 0.2) is 30.7 Å². The molecule has 3 heterocycles. The molecule has 0 saturated heterocycles. The number of aliphatic hydroxyl groups excluding tert-OH is 1. The maximum Gasteiger partial charge on any atom is 0.231 e. The first-order valence-corrected chi connectivity index (χ1v) is 10.7. The van der Waals surface area contributed by atoms with Crippen LogP contribution in [0.2, 0.25) is 0 Å². The average Bonchev–Trinajstić information content (AvgIpc) is 3.31. The van der Waals surface area contributed by atoms with E-state index in [9.17, 15) is 4.79 Å². The number of aromatic nitrogens is 5. The summed E-state index contributed by atoms with van der Waals surface area (Å²) in [6, 6.07) is 3.48. The zero-order chi connectivity index (χ0) is 23.2. The number of pyridine rings is 1. The molecule has 0 bridgehead atoms. The van der Waals surface area contributed by atoms with Crippen LogP contribution in [-0.2, 0) is 24.1 Å². The molecule has 0 aliphatic heterocycles. The van der Waals surface area contributed by atoms with E-state index in [2.05, 4.69) is 15.0 Å². The Labute approximate surface area is 191 Å². The minimum absolute atomic E-state index is 0.00130. The van der Waals surface area contributed by atoms with Gasteiger partial charge in [-0.25, -0.2) is 15.0 Å². The van der Waals surface area contributed by atoms with E-state index in [1.54, 1.807) is 24.5 Å². The third kappa shape index (κ3) is 5.40. The molecule has 0 spiro atoms. The van der Waals surface area contributed by atoms with Gasteiger partial charge in [0.25, 0.3) is 0 Å². The van der Waals surface area contributed by atoms with E-state index in [4.69, 9.17) is 24.5 Å². The summed E-state index contributed by atoms with van der Waals surface area (Å²) in [6.45, 7) is 0.310. The van der Waals surface area contributed by atoms with Gasteiger partial charge in [-0.2, -0.15) is 0 Å². The van der Waals surface area contributed by atoms with Gasteiger partial charge in [-0.3, -0.25) is 14.8 Å².